The minimum atomic E-state index is -1.16. The van der Waals surface area contributed by atoms with Crippen molar-refractivity contribution in [2.24, 2.45) is 5.92 Å². The fourth-order valence-electron chi connectivity index (χ4n) is 4.11. The van der Waals surface area contributed by atoms with Crippen LogP contribution in [0.1, 0.15) is 33.6 Å². The summed E-state index contributed by atoms with van der Waals surface area (Å²) in [7, 11) is 0. The summed E-state index contributed by atoms with van der Waals surface area (Å²) >= 11 is 0. The molecule has 1 saturated heterocycles. The number of aliphatic hydroxyl groups is 1. The Labute approximate surface area is 191 Å². The molecule has 33 heavy (non-hydrogen) atoms. The number of rotatable bonds is 6. The molecule has 1 aliphatic rings. The van der Waals surface area contributed by atoms with Gasteiger partial charge in [-0.15, -0.1) is 0 Å². The van der Waals surface area contributed by atoms with Gasteiger partial charge in [-0.1, -0.05) is 36.4 Å². The van der Waals surface area contributed by atoms with Crippen LogP contribution < -0.4 is 10.2 Å². The molecule has 4 N–H and O–H groups in total. The van der Waals surface area contributed by atoms with E-state index in [9.17, 15) is 24.9 Å². The fourth-order valence-corrected chi connectivity index (χ4v) is 4.11. The number of phenols is 1. The third kappa shape index (κ3) is 4.99. The van der Waals surface area contributed by atoms with E-state index in [1.165, 1.54) is 12.1 Å². The zero-order chi connectivity index (χ0) is 23.4. The normalized spacial score (nSPS) is 14.2. The zero-order valence-corrected chi connectivity index (χ0v) is 18.1. The number of aromatic hydroxyl groups is 1. The first-order valence-corrected chi connectivity index (χ1v) is 10.9. The number of nitrogens with one attached hydrogen (secondary N) is 1. The largest absolute Gasteiger partial charge is 0.507 e. The van der Waals surface area contributed by atoms with Gasteiger partial charge in [-0.05, 0) is 60.2 Å². The van der Waals surface area contributed by atoms with Crippen molar-refractivity contribution in [2.75, 3.05) is 29.9 Å². The summed E-state index contributed by atoms with van der Waals surface area (Å²) in [5.41, 5.74) is 2.64. The van der Waals surface area contributed by atoms with Gasteiger partial charge in [-0.25, -0.2) is 4.79 Å². The highest BCUT2D eigenvalue weighted by Crippen LogP contribution is 2.30. The van der Waals surface area contributed by atoms with Crippen LogP contribution in [0.3, 0.4) is 0 Å². The highest BCUT2D eigenvalue weighted by atomic mass is 16.4. The number of hydrogen-bond donors (Lipinski definition) is 4. The first kappa shape index (κ1) is 22.4. The highest BCUT2D eigenvalue weighted by Gasteiger charge is 2.22. The van der Waals surface area contributed by atoms with Crippen LogP contribution in [0.15, 0.2) is 66.7 Å². The van der Waals surface area contributed by atoms with Gasteiger partial charge in [-0.3, -0.25) is 4.79 Å². The smallest absolute Gasteiger partial charge is 0.337 e. The molecule has 1 heterocycles. The van der Waals surface area contributed by atoms with E-state index in [4.69, 9.17) is 0 Å². The van der Waals surface area contributed by atoms with E-state index in [1.54, 1.807) is 24.3 Å². The van der Waals surface area contributed by atoms with Gasteiger partial charge in [0.05, 0.1) is 16.8 Å². The molecule has 0 saturated carbocycles. The van der Waals surface area contributed by atoms with E-state index in [-0.39, 0.29) is 35.1 Å². The quantitative estimate of drug-likeness (QED) is 0.451. The number of piperidine rings is 1. The van der Waals surface area contributed by atoms with Crippen molar-refractivity contribution >= 4 is 23.3 Å². The molecule has 0 spiro atoms. The van der Waals surface area contributed by atoms with Gasteiger partial charge in [0.1, 0.15) is 5.75 Å². The molecule has 3 aromatic rings. The van der Waals surface area contributed by atoms with Crippen LogP contribution in [0.5, 0.6) is 5.75 Å². The lowest BCUT2D eigenvalue weighted by Crippen LogP contribution is -2.34. The van der Waals surface area contributed by atoms with Gasteiger partial charge in [0.2, 0.25) is 0 Å². The number of nitrogens with zero attached hydrogens (tertiary/aromatic N) is 1. The van der Waals surface area contributed by atoms with Crippen molar-refractivity contribution in [2.45, 2.75) is 12.8 Å². The molecule has 1 fully saturated rings. The first-order valence-electron chi connectivity index (χ1n) is 10.9. The van der Waals surface area contributed by atoms with E-state index in [0.29, 0.717) is 0 Å². The molecule has 3 aromatic carbocycles. The number of anilines is 2. The van der Waals surface area contributed by atoms with E-state index in [2.05, 4.69) is 10.2 Å². The lowest BCUT2D eigenvalue weighted by molar-refractivity contribution is 0.0698. The molecule has 7 heteroatoms. The lowest BCUT2D eigenvalue weighted by atomic mass is 9.97. The van der Waals surface area contributed by atoms with Crippen LogP contribution in [-0.4, -0.2) is 46.9 Å². The number of carbonyl (C=O) groups is 2. The second kappa shape index (κ2) is 9.75. The fraction of sp³-hybridized carbons (Fsp3) is 0.231. The maximum atomic E-state index is 13.1. The number of carbonyl (C=O) groups excluding carboxylic acids is 1. The third-order valence-electron chi connectivity index (χ3n) is 6.07. The van der Waals surface area contributed by atoms with Gasteiger partial charge in [0.15, 0.2) is 0 Å². The monoisotopic (exact) mass is 446 g/mol. The molecule has 7 nitrogen and oxygen atoms in total. The lowest BCUT2D eigenvalue weighted by Gasteiger charge is -2.33. The molecular formula is C26H26N2O5. The molecule has 4 rings (SSSR count). The summed E-state index contributed by atoms with van der Waals surface area (Å²) in [6.07, 6.45) is 1.71. The van der Waals surface area contributed by atoms with Crippen molar-refractivity contribution < 1.29 is 24.9 Å². The van der Waals surface area contributed by atoms with Crippen LogP contribution in [0, 0.1) is 5.92 Å². The molecule has 0 atom stereocenters. The van der Waals surface area contributed by atoms with Gasteiger partial charge in [0, 0.05) is 25.4 Å². The SMILES string of the molecule is O=C(Nc1cc(-c2ccccc2)ccc1C(=O)O)c1cc(N2CCC(CO)CC2)ccc1O. The molecule has 170 valence electrons. The van der Waals surface area contributed by atoms with Crippen LogP contribution in [0.25, 0.3) is 11.1 Å². The van der Waals surface area contributed by atoms with Gasteiger partial charge in [-0.2, -0.15) is 0 Å². The number of aromatic carboxylic acids is 1. The summed E-state index contributed by atoms with van der Waals surface area (Å²) in [6, 6.07) is 19.1. The Balaban J connectivity index is 1.61. The summed E-state index contributed by atoms with van der Waals surface area (Å²) < 4.78 is 0. The average Bonchev–Trinajstić information content (AvgIpc) is 2.84. The maximum Gasteiger partial charge on any atom is 0.337 e. The van der Waals surface area contributed by atoms with Gasteiger partial charge in [0.25, 0.3) is 5.91 Å². The van der Waals surface area contributed by atoms with E-state index >= 15 is 0 Å². The Bertz CT molecular complexity index is 1150. The number of carboxylic acids is 1. The first-order chi connectivity index (χ1) is 16.0. The summed E-state index contributed by atoms with van der Waals surface area (Å²) in [5, 5.41) is 32.0. The van der Waals surface area contributed by atoms with Crippen molar-refractivity contribution in [1.82, 2.24) is 0 Å². The van der Waals surface area contributed by atoms with E-state index in [1.807, 2.05) is 30.3 Å². The molecule has 0 aliphatic carbocycles. The Morgan fingerprint density at radius 1 is 0.909 bits per heavy atom. The summed E-state index contributed by atoms with van der Waals surface area (Å²) in [4.78, 5) is 26.9. The van der Waals surface area contributed by atoms with Gasteiger partial charge >= 0.3 is 5.97 Å². The van der Waals surface area contributed by atoms with Crippen LogP contribution in [0.2, 0.25) is 0 Å². The molecule has 1 amide bonds. The van der Waals surface area contributed by atoms with Gasteiger partial charge < -0.3 is 25.5 Å². The molecular weight excluding hydrogens is 420 g/mol. The summed E-state index contributed by atoms with van der Waals surface area (Å²) in [6.45, 7) is 1.67. The highest BCUT2D eigenvalue weighted by molar-refractivity contribution is 6.10. The number of phenolic OH excluding ortho intramolecular Hbond substituents is 1. The van der Waals surface area contributed by atoms with E-state index in [0.717, 1.165) is 42.7 Å². The third-order valence-corrected chi connectivity index (χ3v) is 6.07. The Morgan fingerprint density at radius 2 is 1.64 bits per heavy atom. The number of aliphatic hydroxyl groups excluding tert-OH is 1. The van der Waals surface area contributed by atoms with Crippen molar-refractivity contribution in [1.29, 1.82) is 0 Å². The maximum absolute atomic E-state index is 13.1. The Morgan fingerprint density at radius 3 is 2.30 bits per heavy atom. The second-order valence-corrected chi connectivity index (χ2v) is 8.20. The zero-order valence-electron chi connectivity index (χ0n) is 18.1. The predicted molar refractivity (Wildman–Crippen MR) is 127 cm³/mol. The van der Waals surface area contributed by atoms with Crippen LogP contribution in [0.4, 0.5) is 11.4 Å². The molecule has 1 aliphatic heterocycles. The van der Waals surface area contributed by atoms with Crippen LogP contribution in [-0.2, 0) is 0 Å². The van der Waals surface area contributed by atoms with Crippen LogP contribution >= 0.6 is 0 Å². The Kier molecular flexibility index (Phi) is 6.60. The number of carboxylic acid groups (broad SMARTS) is 1. The average molecular weight is 447 g/mol. The molecule has 0 bridgehead atoms. The standard InChI is InChI=1S/C26H26N2O5/c29-16-17-10-12-28(13-11-17)20-7-9-24(30)22(15-20)25(31)27-23-14-19(6-8-21(23)26(32)33)18-4-2-1-3-5-18/h1-9,14-15,17,29-30H,10-13,16H2,(H,27,31)(H,32,33). The van der Waals surface area contributed by atoms with Crippen molar-refractivity contribution in [3.63, 3.8) is 0 Å². The molecule has 0 unspecified atom stereocenters. The minimum Gasteiger partial charge on any atom is -0.507 e. The molecule has 0 radical (unpaired) electrons. The topological polar surface area (TPSA) is 110 Å². The summed E-state index contributed by atoms with van der Waals surface area (Å²) in [5.74, 6) is -1.65. The number of amides is 1. The number of benzene rings is 3. The van der Waals surface area contributed by atoms with E-state index < -0.39 is 11.9 Å². The van der Waals surface area contributed by atoms with Crippen molar-refractivity contribution in [3.8, 4) is 16.9 Å². The second-order valence-electron chi connectivity index (χ2n) is 8.20. The number of hydrogen-bond acceptors (Lipinski definition) is 5. The van der Waals surface area contributed by atoms with Crippen molar-refractivity contribution in [3.05, 3.63) is 77.9 Å². The Hall–Kier alpha value is -3.84. The molecule has 0 aromatic heterocycles. The predicted octanol–water partition coefficient (Wildman–Crippen LogP) is 4.22. The minimum absolute atomic E-state index is 0.0373.